The van der Waals surface area contributed by atoms with Crippen molar-refractivity contribution >= 4 is 21.6 Å². The van der Waals surface area contributed by atoms with Crippen LogP contribution in [-0.2, 0) is 19.5 Å². The quantitative estimate of drug-likeness (QED) is 0.737. The topological polar surface area (TPSA) is 89.0 Å². The van der Waals surface area contributed by atoms with Crippen LogP contribution in [0.25, 0.3) is 0 Å². The van der Waals surface area contributed by atoms with E-state index in [2.05, 4.69) is 4.98 Å². The minimum absolute atomic E-state index is 0.182. The molecule has 2 aromatic rings. The Morgan fingerprint density at radius 3 is 2.37 bits per heavy atom. The van der Waals surface area contributed by atoms with Gasteiger partial charge in [-0.3, -0.25) is 14.1 Å². The van der Waals surface area contributed by atoms with Gasteiger partial charge in [-0.1, -0.05) is 17.7 Å². The van der Waals surface area contributed by atoms with E-state index in [-0.39, 0.29) is 10.8 Å². The fourth-order valence-corrected chi connectivity index (χ4v) is 4.92. The average molecular weight is 432 g/mol. The maximum atomic E-state index is 13.0. The van der Waals surface area contributed by atoms with Crippen molar-refractivity contribution in [3.63, 3.8) is 0 Å². The van der Waals surface area contributed by atoms with Crippen LogP contribution in [0.1, 0.15) is 28.8 Å². The van der Waals surface area contributed by atoms with E-state index < -0.39 is 15.8 Å². The highest BCUT2D eigenvalue weighted by Crippen LogP contribution is 2.32. The van der Waals surface area contributed by atoms with Gasteiger partial charge in [0.25, 0.3) is 15.9 Å². The average Bonchev–Trinajstić information content (AvgIpc) is 3.21. The molecule has 9 heteroatoms. The van der Waals surface area contributed by atoms with Crippen LogP contribution in [0, 0.1) is 6.92 Å². The Morgan fingerprint density at radius 1 is 1.10 bits per heavy atom. The van der Waals surface area contributed by atoms with Crippen molar-refractivity contribution in [2.75, 3.05) is 37.7 Å². The first-order valence-corrected chi connectivity index (χ1v) is 11.3. The molecule has 2 fully saturated rings. The molecule has 30 heavy (non-hydrogen) atoms. The second-order valence-corrected chi connectivity index (χ2v) is 9.59. The van der Waals surface area contributed by atoms with E-state index in [4.69, 9.17) is 9.47 Å². The number of carbonyl (C=O) groups excluding carboxylic acids is 1. The monoisotopic (exact) mass is 431 g/mol. The molecule has 2 aliphatic heterocycles. The van der Waals surface area contributed by atoms with Crippen molar-refractivity contribution in [3.8, 4) is 0 Å². The first kappa shape index (κ1) is 20.8. The molecule has 0 N–H and O–H groups in total. The summed E-state index contributed by atoms with van der Waals surface area (Å²) in [5.74, 6) is -0.738. The summed E-state index contributed by atoms with van der Waals surface area (Å²) < 4.78 is 38.4. The minimum Gasteiger partial charge on any atom is -0.347 e. The molecule has 2 aliphatic rings. The highest BCUT2D eigenvalue weighted by molar-refractivity contribution is 7.92. The van der Waals surface area contributed by atoms with Crippen LogP contribution in [0.3, 0.4) is 0 Å². The summed E-state index contributed by atoms with van der Waals surface area (Å²) in [7, 11) is -2.30. The predicted molar refractivity (Wildman–Crippen MR) is 111 cm³/mol. The summed E-state index contributed by atoms with van der Waals surface area (Å²) in [5.41, 5.74) is 1.66. The van der Waals surface area contributed by atoms with Gasteiger partial charge in [-0.2, -0.15) is 0 Å². The van der Waals surface area contributed by atoms with E-state index in [9.17, 15) is 13.2 Å². The molecule has 8 nitrogen and oxygen atoms in total. The number of aromatic nitrogens is 1. The second-order valence-electron chi connectivity index (χ2n) is 7.62. The number of hydrogen-bond acceptors (Lipinski definition) is 6. The standard InChI is InChI=1S/C21H25N3O5S/c1-16-3-5-19(6-4-16)30(26,27)23(2)18-13-17(14-22-15-18)20(25)24-9-7-21(8-10-24)28-11-12-29-21/h3-6,13-15H,7-12H2,1-2H3. The Hall–Kier alpha value is -2.49. The largest absolute Gasteiger partial charge is 0.347 e. The Kier molecular flexibility index (Phi) is 5.52. The number of anilines is 1. The van der Waals surface area contributed by atoms with Gasteiger partial charge in [0.1, 0.15) is 0 Å². The van der Waals surface area contributed by atoms with Gasteiger partial charge in [0.15, 0.2) is 5.79 Å². The van der Waals surface area contributed by atoms with Gasteiger partial charge in [-0.25, -0.2) is 8.42 Å². The number of piperidine rings is 1. The molecule has 0 unspecified atom stereocenters. The van der Waals surface area contributed by atoms with Crippen molar-refractivity contribution < 1.29 is 22.7 Å². The fraction of sp³-hybridized carbons (Fsp3) is 0.429. The summed E-state index contributed by atoms with van der Waals surface area (Å²) in [4.78, 5) is 19.0. The van der Waals surface area contributed by atoms with E-state index in [0.29, 0.717) is 50.4 Å². The van der Waals surface area contributed by atoms with Gasteiger partial charge in [0.05, 0.1) is 35.6 Å². The smallest absolute Gasteiger partial charge is 0.264 e. The molecular formula is C21H25N3O5S. The Balaban J connectivity index is 1.51. The SMILES string of the molecule is Cc1ccc(S(=O)(=O)N(C)c2cncc(C(=O)N3CCC4(CC3)OCCO4)c2)cc1. The van der Waals surface area contributed by atoms with Crippen LogP contribution in [0.2, 0.25) is 0 Å². The molecule has 2 saturated heterocycles. The molecule has 160 valence electrons. The van der Waals surface area contributed by atoms with Gasteiger partial charge < -0.3 is 14.4 Å². The molecule has 0 atom stereocenters. The summed E-state index contributed by atoms with van der Waals surface area (Å²) in [6, 6.07) is 8.20. The number of likely N-dealkylation sites (tertiary alicyclic amines) is 1. The van der Waals surface area contributed by atoms with E-state index in [1.54, 1.807) is 35.2 Å². The van der Waals surface area contributed by atoms with Gasteiger partial charge in [-0.05, 0) is 25.1 Å². The normalized spacial score (nSPS) is 18.5. The number of ether oxygens (including phenoxy) is 2. The Bertz CT molecular complexity index is 1020. The number of benzene rings is 1. The van der Waals surface area contributed by atoms with Crippen molar-refractivity contribution in [2.45, 2.75) is 30.4 Å². The molecular weight excluding hydrogens is 406 g/mol. The Morgan fingerprint density at radius 2 is 1.73 bits per heavy atom. The molecule has 3 heterocycles. The summed E-state index contributed by atoms with van der Waals surface area (Å²) in [5, 5.41) is 0. The van der Waals surface area contributed by atoms with E-state index >= 15 is 0 Å². The number of amides is 1. The highest BCUT2D eigenvalue weighted by Gasteiger charge is 2.41. The fourth-order valence-electron chi connectivity index (χ4n) is 3.74. The van der Waals surface area contributed by atoms with Crippen LogP contribution in [0.15, 0.2) is 47.6 Å². The molecule has 4 rings (SSSR count). The molecule has 0 bridgehead atoms. The van der Waals surface area contributed by atoms with E-state index in [0.717, 1.165) is 9.87 Å². The molecule has 0 saturated carbocycles. The van der Waals surface area contributed by atoms with E-state index in [1.165, 1.54) is 19.4 Å². The lowest BCUT2D eigenvalue weighted by Crippen LogP contribution is -2.47. The molecule has 1 aromatic heterocycles. The molecule has 0 radical (unpaired) electrons. The van der Waals surface area contributed by atoms with Gasteiger partial charge >= 0.3 is 0 Å². The molecule has 0 aliphatic carbocycles. The second kappa shape index (κ2) is 7.98. The summed E-state index contributed by atoms with van der Waals surface area (Å²) >= 11 is 0. The van der Waals surface area contributed by atoms with Gasteiger partial charge in [0.2, 0.25) is 0 Å². The van der Waals surface area contributed by atoms with Crippen LogP contribution in [0.5, 0.6) is 0 Å². The lowest BCUT2D eigenvalue weighted by molar-refractivity contribution is -0.181. The maximum Gasteiger partial charge on any atom is 0.264 e. The van der Waals surface area contributed by atoms with Crippen molar-refractivity contribution in [1.82, 2.24) is 9.88 Å². The zero-order chi connectivity index (χ0) is 21.4. The maximum absolute atomic E-state index is 13.0. The third-order valence-electron chi connectivity index (χ3n) is 5.64. The van der Waals surface area contributed by atoms with Crippen LogP contribution >= 0.6 is 0 Å². The molecule has 1 spiro atoms. The third kappa shape index (κ3) is 3.92. The van der Waals surface area contributed by atoms with Crippen molar-refractivity contribution in [1.29, 1.82) is 0 Å². The number of hydrogen-bond donors (Lipinski definition) is 0. The van der Waals surface area contributed by atoms with Crippen LogP contribution < -0.4 is 4.31 Å². The molecule has 1 aromatic carbocycles. The van der Waals surface area contributed by atoms with Crippen LogP contribution in [0.4, 0.5) is 5.69 Å². The summed E-state index contributed by atoms with van der Waals surface area (Å²) in [6.45, 7) is 4.09. The number of pyridine rings is 1. The van der Waals surface area contributed by atoms with E-state index in [1.807, 2.05) is 6.92 Å². The van der Waals surface area contributed by atoms with Crippen LogP contribution in [-0.4, -0.2) is 63.3 Å². The van der Waals surface area contributed by atoms with Gasteiger partial charge in [-0.15, -0.1) is 0 Å². The first-order valence-electron chi connectivity index (χ1n) is 9.89. The first-order chi connectivity index (χ1) is 14.3. The number of aryl methyl sites for hydroxylation is 1. The zero-order valence-electron chi connectivity index (χ0n) is 17.1. The Labute approximate surface area is 176 Å². The number of rotatable bonds is 4. The zero-order valence-corrected chi connectivity index (χ0v) is 17.9. The number of sulfonamides is 1. The third-order valence-corrected chi connectivity index (χ3v) is 7.44. The molecule has 1 amide bonds. The number of nitrogens with zero attached hydrogens (tertiary/aromatic N) is 3. The van der Waals surface area contributed by atoms with Gasteiger partial charge in [0, 0.05) is 39.2 Å². The lowest BCUT2D eigenvalue weighted by atomic mass is 10.0. The minimum atomic E-state index is -3.76. The number of carbonyl (C=O) groups is 1. The van der Waals surface area contributed by atoms with Crippen molar-refractivity contribution in [2.24, 2.45) is 0 Å². The van der Waals surface area contributed by atoms with Crippen molar-refractivity contribution in [3.05, 3.63) is 53.9 Å². The lowest BCUT2D eigenvalue weighted by Gasteiger charge is -2.37. The predicted octanol–water partition coefficient (Wildman–Crippen LogP) is 2.19. The highest BCUT2D eigenvalue weighted by atomic mass is 32.2. The summed E-state index contributed by atoms with van der Waals surface area (Å²) in [6.07, 6.45) is 4.14.